The Balaban J connectivity index is 2.63. The molecule has 0 amide bonds. The summed E-state index contributed by atoms with van der Waals surface area (Å²) in [4.78, 5) is 0. The van der Waals surface area contributed by atoms with Crippen LogP contribution < -0.4 is 16.2 Å². The van der Waals surface area contributed by atoms with E-state index in [-0.39, 0.29) is 19.8 Å². The number of anilines is 2. The molecule has 0 spiro atoms. The van der Waals surface area contributed by atoms with Crippen LogP contribution in [0.15, 0.2) is 18.2 Å². The molecule has 120 valence electrons. The molecule has 0 unspecified atom stereocenters. The van der Waals surface area contributed by atoms with Crippen molar-refractivity contribution in [1.82, 2.24) is 0 Å². The van der Waals surface area contributed by atoms with Crippen molar-refractivity contribution >= 4 is 11.4 Å². The van der Waals surface area contributed by atoms with E-state index in [4.69, 9.17) is 16.2 Å². The smallest absolute Gasteiger partial charge is 0.142 e. The molecule has 0 atom stereocenters. The van der Waals surface area contributed by atoms with Gasteiger partial charge in [0.05, 0.1) is 25.5 Å². The van der Waals surface area contributed by atoms with Crippen LogP contribution in [0.2, 0.25) is 0 Å². The summed E-state index contributed by atoms with van der Waals surface area (Å²) in [5.41, 5.74) is 12.5. The number of rotatable bonds is 10. The summed E-state index contributed by atoms with van der Waals surface area (Å²) in [7, 11) is 0. The second-order valence-electron chi connectivity index (χ2n) is 5.05. The van der Waals surface area contributed by atoms with Crippen LogP contribution in [0.1, 0.15) is 0 Å². The van der Waals surface area contributed by atoms with E-state index >= 15 is 0 Å². The Bertz CT molecular complexity index is 412. The highest BCUT2D eigenvalue weighted by Crippen LogP contribution is 2.23. The maximum atomic E-state index is 9.19. The quantitative estimate of drug-likeness (QED) is 0.280. The number of aliphatic hydroxyl groups excluding tert-OH is 3. The lowest BCUT2D eigenvalue weighted by Crippen LogP contribution is -2.55. The molecule has 0 saturated carbocycles. The first-order chi connectivity index (χ1) is 10.1. The van der Waals surface area contributed by atoms with E-state index in [0.29, 0.717) is 54.4 Å². The molecule has 0 aromatic heterocycles. The van der Waals surface area contributed by atoms with Crippen molar-refractivity contribution < 1.29 is 24.5 Å². The van der Waals surface area contributed by atoms with Crippen molar-refractivity contribution in [2.75, 3.05) is 64.1 Å². The van der Waals surface area contributed by atoms with Gasteiger partial charge in [-0.2, -0.15) is 0 Å². The van der Waals surface area contributed by atoms with Gasteiger partial charge in [-0.25, -0.2) is 0 Å². The van der Waals surface area contributed by atoms with E-state index in [9.17, 15) is 15.3 Å². The fourth-order valence-corrected chi connectivity index (χ4v) is 2.35. The number of nitrogens with zero attached hydrogens (tertiary/aromatic N) is 1. The van der Waals surface area contributed by atoms with Crippen LogP contribution in [-0.2, 0) is 0 Å². The molecule has 0 heterocycles. The Morgan fingerprint density at radius 2 is 1.48 bits per heavy atom. The van der Waals surface area contributed by atoms with Crippen LogP contribution in [0.25, 0.3) is 0 Å². The van der Waals surface area contributed by atoms with Gasteiger partial charge in [-0.1, -0.05) is 0 Å². The van der Waals surface area contributed by atoms with E-state index in [1.807, 2.05) is 0 Å². The van der Waals surface area contributed by atoms with Gasteiger partial charge in [-0.15, -0.1) is 0 Å². The molecule has 0 bridgehead atoms. The SMILES string of the molecule is Nc1ccc(OCC[N+](CCO)(CCO)CCO)c(N)c1. The minimum atomic E-state index is -0.00991. The van der Waals surface area contributed by atoms with Crippen LogP contribution in [-0.4, -0.2) is 72.4 Å². The third-order valence-corrected chi connectivity index (χ3v) is 3.58. The fourth-order valence-electron chi connectivity index (χ4n) is 2.35. The van der Waals surface area contributed by atoms with E-state index < -0.39 is 0 Å². The Morgan fingerprint density at radius 3 is 1.95 bits per heavy atom. The number of benzene rings is 1. The maximum Gasteiger partial charge on any atom is 0.142 e. The predicted molar refractivity (Wildman–Crippen MR) is 81.7 cm³/mol. The number of aliphatic hydroxyl groups is 3. The van der Waals surface area contributed by atoms with Crippen LogP contribution in [0.3, 0.4) is 0 Å². The lowest BCUT2D eigenvalue weighted by molar-refractivity contribution is -0.928. The van der Waals surface area contributed by atoms with Crippen molar-refractivity contribution in [3.8, 4) is 5.75 Å². The van der Waals surface area contributed by atoms with Gasteiger partial charge in [0.2, 0.25) is 0 Å². The molecule has 7 N–H and O–H groups in total. The first-order valence-electron chi connectivity index (χ1n) is 7.02. The van der Waals surface area contributed by atoms with Crippen LogP contribution in [0, 0.1) is 0 Å². The van der Waals surface area contributed by atoms with Crippen molar-refractivity contribution in [1.29, 1.82) is 0 Å². The summed E-state index contributed by atoms with van der Waals surface area (Å²) >= 11 is 0. The van der Waals surface area contributed by atoms with Gasteiger partial charge in [-0.3, -0.25) is 0 Å². The number of nitrogen functional groups attached to an aromatic ring is 2. The zero-order chi connectivity index (χ0) is 15.7. The highest BCUT2D eigenvalue weighted by Gasteiger charge is 2.26. The van der Waals surface area contributed by atoms with Crippen molar-refractivity contribution in [2.45, 2.75) is 0 Å². The van der Waals surface area contributed by atoms with E-state index in [2.05, 4.69) is 0 Å². The van der Waals surface area contributed by atoms with Crippen LogP contribution >= 0.6 is 0 Å². The third kappa shape index (κ3) is 5.39. The van der Waals surface area contributed by atoms with Gasteiger partial charge in [0.25, 0.3) is 0 Å². The standard InChI is InChI=1S/C14H26N3O4/c15-12-1-2-14(13(16)11-12)21-10-6-17(3-7-18,4-8-19)5-9-20/h1-2,11,18-20H,3-10,15-16H2/q+1. The lowest BCUT2D eigenvalue weighted by Gasteiger charge is -2.37. The predicted octanol–water partition coefficient (Wildman–Crippen LogP) is -0.976. The van der Waals surface area contributed by atoms with E-state index in [0.717, 1.165) is 0 Å². The molecule has 0 saturated heterocycles. The van der Waals surface area contributed by atoms with Gasteiger partial charge in [-0.05, 0) is 18.2 Å². The summed E-state index contributed by atoms with van der Waals surface area (Å²) in [6, 6.07) is 5.05. The van der Waals surface area contributed by atoms with Gasteiger partial charge in [0.1, 0.15) is 38.5 Å². The topological polar surface area (TPSA) is 122 Å². The van der Waals surface area contributed by atoms with Crippen molar-refractivity contribution in [3.05, 3.63) is 18.2 Å². The summed E-state index contributed by atoms with van der Waals surface area (Å²) in [5.74, 6) is 0.555. The molecule has 21 heavy (non-hydrogen) atoms. The zero-order valence-electron chi connectivity index (χ0n) is 12.2. The monoisotopic (exact) mass is 300 g/mol. The maximum absolute atomic E-state index is 9.19. The highest BCUT2D eigenvalue weighted by atomic mass is 16.5. The van der Waals surface area contributed by atoms with Gasteiger partial charge >= 0.3 is 0 Å². The molecule has 0 aliphatic carbocycles. The average Bonchev–Trinajstić information content (AvgIpc) is 2.42. The van der Waals surface area contributed by atoms with Crippen molar-refractivity contribution in [3.63, 3.8) is 0 Å². The number of hydrogen-bond acceptors (Lipinski definition) is 6. The number of quaternary nitrogens is 1. The molecular weight excluding hydrogens is 274 g/mol. The first-order valence-corrected chi connectivity index (χ1v) is 7.02. The second-order valence-corrected chi connectivity index (χ2v) is 5.05. The minimum Gasteiger partial charge on any atom is -0.486 e. The summed E-state index contributed by atoms with van der Waals surface area (Å²) in [5, 5.41) is 27.6. The Labute approximate surface area is 124 Å². The molecule has 0 fully saturated rings. The highest BCUT2D eigenvalue weighted by molar-refractivity contribution is 5.60. The molecule has 1 aromatic carbocycles. The number of ether oxygens (including phenoxy) is 1. The summed E-state index contributed by atoms with van der Waals surface area (Å²) in [6.07, 6.45) is 0. The summed E-state index contributed by atoms with van der Waals surface area (Å²) < 4.78 is 6.05. The zero-order valence-corrected chi connectivity index (χ0v) is 12.2. The van der Waals surface area contributed by atoms with Crippen LogP contribution in [0.4, 0.5) is 11.4 Å². The lowest BCUT2D eigenvalue weighted by atomic mass is 10.2. The molecule has 0 radical (unpaired) electrons. The number of nitrogens with two attached hydrogens (primary N) is 2. The molecule has 1 rings (SSSR count). The molecule has 0 aliphatic heterocycles. The Kier molecular flexibility index (Phi) is 7.24. The molecule has 0 aliphatic rings. The normalized spacial score (nSPS) is 11.6. The molecule has 7 nitrogen and oxygen atoms in total. The molecular formula is C14H26N3O4+. The third-order valence-electron chi connectivity index (χ3n) is 3.58. The van der Waals surface area contributed by atoms with Crippen molar-refractivity contribution in [2.24, 2.45) is 0 Å². The van der Waals surface area contributed by atoms with Gasteiger partial charge in [0.15, 0.2) is 0 Å². The average molecular weight is 300 g/mol. The second kappa shape index (κ2) is 8.68. The Morgan fingerprint density at radius 1 is 0.905 bits per heavy atom. The first kappa shape index (κ1) is 17.5. The largest absolute Gasteiger partial charge is 0.486 e. The number of hydrogen-bond donors (Lipinski definition) is 5. The van der Waals surface area contributed by atoms with Crippen LogP contribution in [0.5, 0.6) is 5.75 Å². The Hall–Kier alpha value is -1.54. The van der Waals surface area contributed by atoms with E-state index in [1.54, 1.807) is 18.2 Å². The van der Waals surface area contributed by atoms with E-state index in [1.165, 1.54) is 0 Å². The summed E-state index contributed by atoms with van der Waals surface area (Å²) in [6.45, 7) is 2.28. The van der Waals surface area contributed by atoms with Gasteiger partial charge < -0.3 is 36.0 Å². The molecule has 1 aromatic rings. The van der Waals surface area contributed by atoms with Gasteiger partial charge in [0, 0.05) is 5.69 Å². The molecule has 7 heteroatoms. The minimum absolute atomic E-state index is 0.00991. The fraction of sp³-hybridized carbons (Fsp3) is 0.571.